The van der Waals surface area contributed by atoms with Crippen LogP contribution < -0.4 is 0 Å². The smallest absolute Gasteiger partial charge is 0.138 e. The van der Waals surface area contributed by atoms with Crippen molar-refractivity contribution in [1.29, 1.82) is 0 Å². The van der Waals surface area contributed by atoms with Gasteiger partial charge in [-0.05, 0) is 20.9 Å². The highest BCUT2D eigenvalue weighted by molar-refractivity contribution is 5.82. The van der Waals surface area contributed by atoms with E-state index in [2.05, 4.69) is 25.8 Å². The maximum Gasteiger partial charge on any atom is 0.138 e. The SMILES string of the molecule is C[C@H]1CN(C)C(C)(C)CC1=O. The number of hydrogen-bond acceptors (Lipinski definition) is 2. The first-order valence-electron chi connectivity index (χ1n) is 4.17. The maximum atomic E-state index is 11.3. The molecule has 1 aliphatic heterocycles. The predicted molar refractivity (Wildman–Crippen MR) is 45.5 cm³/mol. The molecule has 0 aromatic rings. The molecular formula is C9H17NO. The minimum atomic E-state index is 0.0730. The predicted octanol–water partition coefficient (Wildman–Crippen LogP) is 1.31. The highest BCUT2D eigenvalue weighted by atomic mass is 16.1. The standard InChI is InChI=1S/C9H17NO/c1-7-6-10(4)9(2,3)5-8(7)11/h7H,5-6H2,1-4H3/t7-/m0/s1. The van der Waals surface area contributed by atoms with Crippen LogP contribution in [0.4, 0.5) is 0 Å². The third-order valence-corrected chi connectivity index (χ3v) is 2.74. The van der Waals surface area contributed by atoms with E-state index >= 15 is 0 Å². The number of rotatable bonds is 0. The molecular weight excluding hydrogens is 138 g/mol. The molecule has 1 atom stereocenters. The molecule has 0 radical (unpaired) electrons. The van der Waals surface area contributed by atoms with Crippen LogP contribution in [0.1, 0.15) is 27.2 Å². The summed E-state index contributed by atoms with van der Waals surface area (Å²) >= 11 is 0. The van der Waals surface area contributed by atoms with Gasteiger partial charge in [0.2, 0.25) is 0 Å². The van der Waals surface area contributed by atoms with Gasteiger partial charge in [-0.15, -0.1) is 0 Å². The molecule has 2 heteroatoms. The highest BCUT2D eigenvalue weighted by Crippen LogP contribution is 2.25. The van der Waals surface area contributed by atoms with Crippen molar-refractivity contribution in [1.82, 2.24) is 4.90 Å². The van der Waals surface area contributed by atoms with Crippen LogP contribution in [0.15, 0.2) is 0 Å². The summed E-state index contributed by atoms with van der Waals surface area (Å²) in [6.45, 7) is 7.16. The number of nitrogens with zero attached hydrogens (tertiary/aromatic N) is 1. The van der Waals surface area contributed by atoms with Gasteiger partial charge in [0, 0.05) is 24.4 Å². The molecule has 0 aromatic carbocycles. The van der Waals surface area contributed by atoms with Crippen molar-refractivity contribution < 1.29 is 4.79 Å². The molecule has 1 aliphatic rings. The first-order chi connectivity index (χ1) is 4.93. The molecule has 0 saturated carbocycles. The molecule has 1 fully saturated rings. The van der Waals surface area contributed by atoms with Crippen molar-refractivity contribution in [2.75, 3.05) is 13.6 Å². The van der Waals surface area contributed by atoms with Crippen LogP contribution in [-0.2, 0) is 4.79 Å². The van der Waals surface area contributed by atoms with Crippen LogP contribution in [-0.4, -0.2) is 29.8 Å². The monoisotopic (exact) mass is 155 g/mol. The molecule has 0 aliphatic carbocycles. The lowest BCUT2D eigenvalue weighted by atomic mass is 9.85. The Morgan fingerprint density at radius 2 is 2.09 bits per heavy atom. The summed E-state index contributed by atoms with van der Waals surface area (Å²) < 4.78 is 0. The first-order valence-corrected chi connectivity index (χ1v) is 4.17. The van der Waals surface area contributed by atoms with Gasteiger partial charge in [0.15, 0.2) is 0 Å². The summed E-state index contributed by atoms with van der Waals surface area (Å²) in [5, 5.41) is 0. The van der Waals surface area contributed by atoms with Gasteiger partial charge in [-0.1, -0.05) is 6.92 Å². The number of carbonyl (C=O) groups excluding carboxylic acids is 1. The summed E-state index contributed by atoms with van der Waals surface area (Å²) in [4.78, 5) is 13.6. The third-order valence-electron chi connectivity index (χ3n) is 2.74. The highest BCUT2D eigenvalue weighted by Gasteiger charge is 2.34. The number of carbonyl (C=O) groups is 1. The topological polar surface area (TPSA) is 20.3 Å². The molecule has 0 bridgehead atoms. The van der Waals surface area contributed by atoms with Crippen molar-refractivity contribution >= 4 is 5.78 Å². The molecule has 0 amide bonds. The van der Waals surface area contributed by atoms with Gasteiger partial charge in [-0.25, -0.2) is 0 Å². The van der Waals surface area contributed by atoms with Crippen molar-refractivity contribution in [3.8, 4) is 0 Å². The Kier molecular flexibility index (Phi) is 2.06. The van der Waals surface area contributed by atoms with Crippen LogP contribution in [0.25, 0.3) is 0 Å². The molecule has 0 spiro atoms. The van der Waals surface area contributed by atoms with E-state index in [4.69, 9.17) is 0 Å². The molecule has 1 saturated heterocycles. The zero-order valence-corrected chi connectivity index (χ0v) is 7.85. The normalized spacial score (nSPS) is 32.4. The van der Waals surface area contributed by atoms with E-state index in [1.54, 1.807) is 0 Å². The Bertz CT molecular complexity index is 174. The summed E-state index contributed by atoms with van der Waals surface area (Å²) in [5.41, 5.74) is 0.0730. The molecule has 64 valence electrons. The van der Waals surface area contributed by atoms with E-state index in [1.165, 1.54) is 0 Å². The van der Waals surface area contributed by atoms with Crippen molar-refractivity contribution in [2.45, 2.75) is 32.7 Å². The molecule has 2 nitrogen and oxygen atoms in total. The Morgan fingerprint density at radius 1 is 1.55 bits per heavy atom. The van der Waals surface area contributed by atoms with Gasteiger partial charge in [0.05, 0.1) is 0 Å². The Morgan fingerprint density at radius 3 is 2.55 bits per heavy atom. The van der Waals surface area contributed by atoms with Crippen LogP contribution in [0.2, 0.25) is 0 Å². The van der Waals surface area contributed by atoms with Crippen molar-refractivity contribution in [3.63, 3.8) is 0 Å². The first kappa shape index (κ1) is 8.72. The van der Waals surface area contributed by atoms with Crippen LogP contribution in [0.3, 0.4) is 0 Å². The molecule has 0 unspecified atom stereocenters. The van der Waals surface area contributed by atoms with Crippen LogP contribution in [0.5, 0.6) is 0 Å². The van der Waals surface area contributed by atoms with Gasteiger partial charge in [0.1, 0.15) is 5.78 Å². The number of piperidine rings is 1. The number of ketones is 1. The average molecular weight is 155 g/mol. The van der Waals surface area contributed by atoms with E-state index in [1.807, 2.05) is 6.92 Å². The van der Waals surface area contributed by atoms with Gasteiger partial charge in [0.25, 0.3) is 0 Å². The third kappa shape index (κ3) is 1.62. The largest absolute Gasteiger partial charge is 0.300 e. The van der Waals surface area contributed by atoms with E-state index in [9.17, 15) is 4.79 Å². The fourth-order valence-corrected chi connectivity index (χ4v) is 1.50. The Labute approximate surface area is 68.6 Å². The quantitative estimate of drug-likeness (QED) is 0.525. The molecule has 1 heterocycles. The van der Waals surface area contributed by atoms with Gasteiger partial charge < -0.3 is 4.90 Å². The number of likely N-dealkylation sites (tertiary alicyclic amines) is 1. The van der Waals surface area contributed by atoms with Gasteiger partial charge >= 0.3 is 0 Å². The minimum Gasteiger partial charge on any atom is -0.300 e. The molecule has 1 rings (SSSR count). The van der Waals surface area contributed by atoms with E-state index in [0.29, 0.717) is 12.2 Å². The second-order valence-electron chi connectivity index (χ2n) is 4.24. The lowest BCUT2D eigenvalue weighted by Crippen LogP contribution is -2.51. The summed E-state index contributed by atoms with van der Waals surface area (Å²) in [7, 11) is 2.09. The Balaban J connectivity index is 2.70. The van der Waals surface area contributed by atoms with Crippen molar-refractivity contribution in [2.24, 2.45) is 5.92 Å². The average Bonchev–Trinajstić information content (AvgIpc) is 1.83. The molecule has 0 aromatic heterocycles. The van der Waals surface area contributed by atoms with Gasteiger partial charge in [-0.3, -0.25) is 4.79 Å². The van der Waals surface area contributed by atoms with Crippen LogP contribution in [0, 0.1) is 5.92 Å². The second kappa shape index (κ2) is 2.59. The minimum absolute atomic E-state index is 0.0730. The second-order valence-corrected chi connectivity index (χ2v) is 4.24. The van der Waals surface area contributed by atoms with Crippen molar-refractivity contribution in [3.05, 3.63) is 0 Å². The van der Waals surface area contributed by atoms with Gasteiger partial charge in [-0.2, -0.15) is 0 Å². The van der Waals surface area contributed by atoms with E-state index in [-0.39, 0.29) is 11.5 Å². The zero-order chi connectivity index (χ0) is 8.65. The lowest BCUT2D eigenvalue weighted by Gasteiger charge is -2.41. The zero-order valence-electron chi connectivity index (χ0n) is 7.85. The lowest BCUT2D eigenvalue weighted by molar-refractivity contribution is -0.129. The Hall–Kier alpha value is -0.370. The molecule has 0 N–H and O–H groups in total. The fourth-order valence-electron chi connectivity index (χ4n) is 1.50. The number of hydrogen-bond donors (Lipinski definition) is 0. The van der Waals surface area contributed by atoms with Crippen LogP contribution >= 0.6 is 0 Å². The summed E-state index contributed by atoms with van der Waals surface area (Å²) in [6, 6.07) is 0. The van der Waals surface area contributed by atoms with E-state index < -0.39 is 0 Å². The fraction of sp³-hybridized carbons (Fsp3) is 0.889. The summed E-state index contributed by atoms with van der Waals surface area (Å²) in [5.74, 6) is 0.640. The van der Waals surface area contributed by atoms with E-state index in [0.717, 1.165) is 6.54 Å². The molecule has 11 heavy (non-hydrogen) atoms. The maximum absolute atomic E-state index is 11.3. The summed E-state index contributed by atoms with van der Waals surface area (Å²) in [6.07, 6.45) is 0.699. The number of Topliss-reactive ketones (excluding diaryl/α,β-unsaturated/α-hetero) is 1.